The number of hydrogen-bond donors (Lipinski definition) is 6. The number of benzene rings is 1. The highest BCUT2D eigenvalue weighted by molar-refractivity contribution is 5.96. The lowest BCUT2D eigenvalue weighted by Gasteiger charge is -2.13. The summed E-state index contributed by atoms with van der Waals surface area (Å²) >= 11 is 0. The lowest BCUT2D eigenvalue weighted by Crippen LogP contribution is -2.35. The second kappa shape index (κ2) is 14.6. The lowest BCUT2D eigenvalue weighted by molar-refractivity contribution is -0.140. The van der Waals surface area contributed by atoms with Crippen LogP contribution in [0.4, 0.5) is 24.7 Å². The summed E-state index contributed by atoms with van der Waals surface area (Å²) in [7, 11) is 0. The highest BCUT2D eigenvalue weighted by Crippen LogP contribution is 2.36. The van der Waals surface area contributed by atoms with E-state index in [4.69, 9.17) is 15.6 Å². The smallest absolute Gasteiger partial charge is 0.435 e. The second-order valence-corrected chi connectivity index (χ2v) is 8.71. The number of nitrogens with one attached hydrogen (secondary N) is 4. The minimum Gasteiger partial charge on any atom is -0.483 e. The number of imidazole rings is 1. The van der Waals surface area contributed by atoms with Crippen LogP contribution >= 0.6 is 0 Å². The van der Waals surface area contributed by atoms with Gasteiger partial charge in [0.25, 0.3) is 12.4 Å². The minimum atomic E-state index is -4.63. The maximum atomic E-state index is 13.4. The number of carbonyl (C=O) groups excluding carboxylic acids is 2. The normalized spacial score (nSPS) is 11.0. The van der Waals surface area contributed by atoms with Crippen molar-refractivity contribution in [3.63, 3.8) is 0 Å². The Kier molecular flexibility index (Phi) is 11.0. The first-order valence-corrected chi connectivity index (χ1v) is 12.8. The molecule has 0 radical (unpaired) electrons. The number of H-pyrrole nitrogens is 1. The first-order valence-electron chi connectivity index (χ1n) is 12.8. The van der Waals surface area contributed by atoms with Crippen LogP contribution in [0.1, 0.15) is 41.4 Å². The molecule has 0 aliphatic carbocycles. The molecule has 7 N–H and O–H groups in total. The number of fused-ring (bicyclic) bond motifs is 1. The van der Waals surface area contributed by atoms with E-state index in [1.54, 1.807) is 18.2 Å². The molecular weight excluding hydrogens is 559 g/mol. The van der Waals surface area contributed by atoms with Gasteiger partial charge in [-0.2, -0.15) is 18.3 Å². The number of nitrogens with two attached hydrogens (primary N) is 1. The fraction of sp³-hybridized carbons (Fsp3) is 0.308. The Morgan fingerprint density at radius 1 is 1.19 bits per heavy atom. The van der Waals surface area contributed by atoms with Crippen molar-refractivity contribution in [2.45, 2.75) is 32.4 Å². The summed E-state index contributed by atoms with van der Waals surface area (Å²) in [5.74, 6) is -0.0584. The second-order valence-electron chi connectivity index (χ2n) is 8.71. The first-order chi connectivity index (χ1) is 20.1. The van der Waals surface area contributed by atoms with Gasteiger partial charge in [0.1, 0.15) is 0 Å². The van der Waals surface area contributed by atoms with Gasteiger partial charge in [-0.25, -0.2) is 9.97 Å². The Morgan fingerprint density at radius 2 is 1.93 bits per heavy atom. The Morgan fingerprint density at radius 3 is 2.62 bits per heavy atom. The number of carboxylic acid groups (broad SMARTS) is 1. The predicted molar refractivity (Wildman–Crippen MR) is 147 cm³/mol. The molecule has 13 nitrogen and oxygen atoms in total. The third kappa shape index (κ3) is 7.81. The molecule has 4 aromatic rings. The van der Waals surface area contributed by atoms with Crippen LogP contribution < -0.4 is 21.7 Å². The van der Waals surface area contributed by atoms with Crippen LogP contribution in [0.5, 0.6) is 0 Å². The maximum Gasteiger partial charge on any atom is 0.435 e. The van der Waals surface area contributed by atoms with E-state index in [2.05, 4.69) is 36.1 Å². The third-order valence-corrected chi connectivity index (χ3v) is 5.95. The first kappa shape index (κ1) is 31.5. The molecule has 0 fully saturated rings. The van der Waals surface area contributed by atoms with E-state index in [1.165, 1.54) is 29.2 Å². The molecule has 0 aliphatic rings. The molecule has 0 bridgehead atoms. The molecule has 0 atom stereocenters. The number of anilines is 2. The average molecular weight is 590 g/mol. The van der Waals surface area contributed by atoms with Crippen molar-refractivity contribution in [2.75, 3.05) is 25.0 Å². The molecule has 0 saturated carbocycles. The van der Waals surface area contributed by atoms with E-state index < -0.39 is 11.9 Å². The Balaban J connectivity index is 0.00000155. The zero-order chi connectivity index (χ0) is 30.7. The van der Waals surface area contributed by atoms with E-state index in [0.29, 0.717) is 55.1 Å². The molecule has 224 valence electrons. The fourth-order valence-electron chi connectivity index (χ4n) is 4.05. The van der Waals surface area contributed by atoms with Crippen molar-refractivity contribution in [1.82, 2.24) is 35.2 Å². The summed E-state index contributed by atoms with van der Waals surface area (Å²) in [4.78, 5) is 41.3. The predicted octanol–water partition coefficient (Wildman–Crippen LogP) is 2.73. The van der Waals surface area contributed by atoms with Gasteiger partial charge in [0, 0.05) is 49.4 Å². The summed E-state index contributed by atoms with van der Waals surface area (Å²) in [6.07, 6.45) is 2.36. The number of nitrogens with zero attached hydrogens (tertiary/aromatic N) is 4. The van der Waals surface area contributed by atoms with E-state index >= 15 is 0 Å². The molecule has 3 heterocycles. The highest BCUT2D eigenvalue weighted by atomic mass is 19.4. The van der Waals surface area contributed by atoms with Gasteiger partial charge in [0.05, 0.1) is 17.5 Å². The molecule has 16 heteroatoms. The van der Waals surface area contributed by atoms with Crippen molar-refractivity contribution in [2.24, 2.45) is 5.73 Å². The van der Waals surface area contributed by atoms with E-state index in [-0.39, 0.29) is 36.1 Å². The van der Waals surface area contributed by atoms with Crippen molar-refractivity contribution in [1.29, 1.82) is 0 Å². The number of carbonyl (C=O) groups is 3. The Hall–Kier alpha value is -4.99. The van der Waals surface area contributed by atoms with E-state index in [1.807, 2.05) is 6.92 Å². The quantitative estimate of drug-likeness (QED) is 0.113. The van der Waals surface area contributed by atoms with Crippen LogP contribution in [-0.4, -0.2) is 67.6 Å². The van der Waals surface area contributed by atoms with Gasteiger partial charge in [0.15, 0.2) is 17.2 Å². The van der Waals surface area contributed by atoms with Gasteiger partial charge in [-0.3, -0.25) is 23.9 Å². The summed E-state index contributed by atoms with van der Waals surface area (Å²) in [5, 5.41) is 21.2. The van der Waals surface area contributed by atoms with Crippen molar-refractivity contribution in [3.05, 3.63) is 59.8 Å². The van der Waals surface area contributed by atoms with Crippen molar-refractivity contribution < 1.29 is 32.7 Å². The monoisotopic (exact) mass is 589 g/mol. The summed E-state index contributed by atoms with van der Waals surface area (Å²) < 4.78 is 41.6. The van der Waals surface area contributed by atoms with Crippen LogP contribution in [0.3, 0.4) is 0 Å². The molecule has 42 heavy (non-hydrogen) atoms. The van der Waals surface area contributed by atoms with Crippen LogP contribution in [0, 0.1) is 0 Å². The number of aryl methyl sites for hydroxylation is 1. The SMILES string of the molecule is CCc1cc(Nc2nccn3c(-c4c[nH]nc4C(F)(F)F)cnc23)ccc1C(=O)NCCNC(=O)CCCN.O=CO. The van der Waals surface area contributed by atoms with Crippen LogP contribution in [0.25, 0.3) is 16.9 Å². The van der Waals surface area contributed by atoms with Gasteiger partial charge >= 0.3 is 6.18 Å². The number of aromatic amines is 1. The Bertz CT molecular complexity index is 1520. The number of hydrogen-bond acceptors (Lipinski definition) is 8. The van der Waals surface area contributed by atoms with Gasteiger partial charge in [-0.05, 0) is 43.1 Å². The van der Waals surface area contributed by atoms with Crippen LogP contribution in [-0.2, 0) is 22.2 Å². The molecule has 0 aliphatic heterocycles. The number of aromatic nitrogens is 5. The molecule has 0 saturated heterocycles. The molecule has 0 spiro atoms. The fourth-order valence-corrected chi connectivity index (χ4v) is 4.05. The standard InChI is InChI=1S/C25H28F3N9O2.CH2O2/c1-2-15-12-16(5-6-17(15)24(39)32-9-8-30-20(38)4-3-7-29)35-22-23-33-14-19(37(23)11-10-31-22)18-13-34-36-21(18)25(26,27)28;2-1-3/h5-6,10-14H,2-4,7-9,29H2,1H3,(H,30,38)(H,31,35)(H,32,39)(H,34,36);1H,(H,2,3). The maximum absolute atomic E-state index is 13.4. The van der Waals surface area contributed by atoms with Gasteiger partial charge in [-0.15, -0.1) is 0 Å². The number of halogens is 3. The van der Waals surface area contributed by atoms with Crippen molar-refractivity contribution >= 4 is 35.4 Å². The Labute approximate surface area is 237 Å². The van der Waals surface area contributed by atoms with Gasteiger partial charge < -0.3 is 26.8 Å². The van der Waals surface area contributed by atoms with E-state index in [9.17, 15) is 22.8 Å². The average Bonchev–Trinajstić information content (AvgIpc) is 3.62. The number of alkyl halides is 3. The van der Waals surface area contributed by atoms with Gasteiger partial charge in [-0.1, -0.05) is 6.92 Å². The minimum absolute atomic E-state index is 0.113. The topological polar surface area (TPSA) is 192 Å². The summed E-state index contributed by atoms with van der Waals surface area (Å²) in [6, 6.07) is 5.18. The van der Waals surface area contributed by atoms with Crippen LogP contribution in [0.15, 0.2) is 43.0 Å². The zero-order valence-electron chi connectivity index (χ0n) is 22.5. The van der Waals surface area contributed by atoms with Crippen LogP contribution in [0.2, 0.25) is 0 Å². The number of rotatable bonds is 11. The molecule has 1 aromatic carbocycles. The highest BCUT2D eigenvalue weighted by Gasteiger charge is 2.37. The lowest BCUT2D eigenvalue weighted by atomic mass is 10.0. The van der Waals surface area contributed by atoms with Crippen molar-refractivity contribution in [3.8, 4) is 11.3 Å². The molecule has 3 aromatic heterocycles. The number of amides is 2. The summed E-state index contributed by atoms with van der Waals surface area (Å²) in [5.41, 5.74) is 6.63. The van der Waals surface area contributed by atoms with E-state index in [0.717, 1.165) is 5.56 Å². The summed E-state index contributed by atoms with van der Waals surface area (Å²) in [6.45, 7) is 2.69. The third-order valence-electron chi connectivity index (χ3n) is 5.95. The zero-order valence-corrected chi connectivity index (χ0v) is 22.5. The van der Waals surface area contributed by atoms with Gasteiger partial charge in [0.2, 0.25) is 5.91 Å². The largest absolute Gasteiger partial charge is 0.483 e. The molecule has 0 unspecified atom stereocenters. The molecule has 2 amide bonds. The molecular formula is C26H30F3N9O4. The molecule has 4 rings (SSSR count).